The normalized spacial score (nSPS) is 10.8. The van der Waals surface area contributed by atoms with Gasteiger partial charge in [-0.15, -0.1) is 0 Å². The number of nitrogens with two attached hydrogens (primary N) is 2. The van der Waals surface area contributed by atoms with Gasteiger partial charge in [0, 0.05) is 12.4 Å². The van der Waals surface area contributed by atoms with E-state index in [-0.39, 0.29) is 0 Å². The van der Waals surface area contributed by atoms with E-state index in [1.54, 1.807) is 23.0 Å². The Bertz CT molecular complexity index is 321. The number of rotatable bonds is 0. The van der Waals surface area contributed by atoms with Gasteiger partial charge in [-0.05, 0) is 0 Å². The van der Waals surface area contributed by atoms with E-state index in [0.717, 1.165) is 0 Å². The van der Waals surface area contributed by atoms with Gasteiger partial charge in [0.1, 0.15) is 5.82 Å². The van der Waals surface area contributed by atoms with E-state index < -0.39 is 0 Å². The highest BCUT2D eigenvalue weighted by Crippen LogP contribution is 2.05. The summed E-state index contributed by atoms with van der Waals surface area (Å²) < 4.78 is 3.12. The number of anilines is 1. The van der Waals surface area contributed by atoms with E-state index >= 15 is 0 Å². The van der Waals surface area contributed by atoms with Gasteiger partial charge in [-0.2, -0.15) is 0 Å². The quantitative estimate of drug-likeness (QED) is 0.477. The summed E-state index contributed by atoms with van der Waals surface area (Å²) in [6, 6.07) is 0. The van der Waals surface area contributed by atoms with Gasteiger partial charge in [-0.1, -0.05) is 0 Å². The Morgan fingerprint density at radius 3 is 2.90 bits per heavy atom. The molecule has 2 aromatic heterocycles. The van der Waals surface area contributed by atoms with Crippen LogP contribution in [0.3, 0.4) is 0 Å². The third-order valence-corrected chi connectivity index (χ3v) is 1.41. The summed E-state index contributed by atoms with van der Waals surface area (Å²) in [7, 11) is 0. The first-order valence-electron chi connectivity index (χ1n) is 2.84. The number of fused-ring (bicyclic) bond motifs is 1. The highest BCUT2D eigenvalue weighted by Gasteiger charge is 2.00. The third kappa shape index (κ3) is 0.439. The first-order valence-corrected chi connectivity index (χ1v) is 2.84. The Balaban J connectivity index is 2.95. The number of imidazole rings is 2. The molecule has 0 aromatic carbocycles. The average molecular weight is 137 g/mol. The molecule has 5 heteroatoms. The van der Waals surface area contributed by atoms with Crippen molar-refractivity contribution in [1.82, 2.24) is 14.1 Å². The van der Waals surface area contributed by atoms with Crippen molar-refractivity contribution in [2.45, 2.75) is 0 Å². The summed E-state index contributed by atoms with van der Waals surface area (Å²) in [5.74, 6) is 6.71. The molecule has 5 nitrogen and oxygen atoms in total. The molecule has 0 spiro atoms. The molecule has 4 N–H and O–H groups in total. The van der Waals surface area contributed by atoms with Crippen LogP contribution in [0.5, 0.6) is 0 Å². The molecular weight excluding hydrogens is 130 g/mol. The number of nitrogens with zero attached hydrogens (tertiary/aromatic N) is 3. The molecular formula is C5H7N5. The summed E-state index contributed by atoms with van der Waals surface area (Å²) in [5.41, 5.74) is 5.52. The van der Waals surface area contributed by atoms with Crippen LogP contribution < -0.4 is 11.6 Å². The summed E-state index contributed by atoms with van der Waals surface area (Å²) >= 11 is 0. The van der Waals surface area contributed by atoms with Gasteiger partial charge in [0.2, 0.25) is 5.78 Å². The van der Waals surface area contributed by atoms with Crippen LogP contribution in [0.4, 0.5) is 5.82 Å². The molecule has 0 aliphatic heterocycles. The summed E-state index contributed by atoms with van der Waals surface area (Å²) in [4.78, 5) is 3.95. The molecule has 2 aromatic rings. The number of nitrogen functional groups attached to an aromatic ring is 2. The highest BCUT2D eigenvalue weighted by atomic mass is 15.4. The van der Waals surface area contributed by atoms with Gasteiger partial charge in [-0.3, -0.25) is 4.40 Å². The van der Waals surface area contributed by atoms with Crippen LogP contribution in [-0.2, 0) is 0 Å². The van der Waals surface area contributed by atoms with Gasteiger partial charge in [0.15, 0.2) is 0 Å². The lowest BCUT2D eigenvalue weighted by atomic mass is 10.8. The van der Waals surface area contributed by atoms with E-state index in [1.165, 1.54) is 4.68 Å². The second-order valence-corrected chi connectivity index (χ2v) is 2.06. The van der Waals surface area contributed by atoms with Crippen molar-refractivity contribution in [1.29, 1.82) is 0 Å². The first kappa shape index (κ1) is 5.16. The maximum atomic E-state index is 5.52. The molecule has 0 saturated carbocycles. The van der Waals surface area contributed by atoms with Crippen LogP contribution >= 0.6 is 0 Å². The second-order valence-electron chi connectivity index (χ2n) is 2.06. The Labute approximate surface area is 56.8 Å². The van der Waals surface area contributed by atoms with Crippen LogP contribution in [0.1, 0.15) is 0 Å². The minimum atomic E-state index is 0.596. The maximum Gasteiger partial charge on any atom is 0.234 e. The summed E-state index contributed by atoms with van der Waals surface area (Å²) in [6.07, 6.45) is 5.02. The van der Waals surface area contributed by atoms with Gasteiger partial charge < -0.3 is 11.6 Å². The lowest BCUT2D eigenvalue weighted by Crippen LogP contribution is -2.06. The fourth-order valence-electron chi connectivity index (χ4n) is 0.913. The van der Waals surface area contributed by atoms with Gasteiger partial charge in [-0.25, -0.2) is 9.66 Å². The first-order chi connectivity index (χ1) is 4.79. The monoisotopic (exact) mass is 137 g/mol. The van der Waals surface area contributed by atoms with Crippen LogP contribution in [0.25, 0.3) is 5.78 Å². The largest absolute Gasteiger partial charge is 0.383 e. The predicted molar refractivity (Wildman–Crippen MR) is 37.7 cm³/mol. The Morgan fingerprint density at radius 1 is 1.40 bits per heavy atom. The zero-order chi connectivity index (χ0) is 7.14. The standard InChI is InChI=1S/C5H7N5/c6-4-3-8-5-9(4)1-2-10(5)7/h1-3H,6-7H2. The van der Waals surface area contributed by atoms with E-state index in [0.29, 0.717) is 11.6 Å². The number of hydrogen-bond acceptors (Lipinski definition) is 3. The highest BCUT2D eigenvalue weighted by molar-refractivity contribution is 5.43. The molecule has 0 amide bonds. The molecule has 0 aliphatic carbocycles. The van der Waals surface area contributed by atoms with Crippen molar-refractivity contribution in [3.63, 3.8) is 0 Å². The van der Waals surface area contributed by atoms with Crippen LogP contribution in [0.15, 0.2) is 18.6 Å². The average Bonchev–Trinajstić information content (AvgIpc) is 2.41. The van der Waals surface area contributed by atoms with Crippen molar-refractivity contribution >= 4 is 11.6 Å². The molecule has 0 unspecified atom stereocenters. The molecule has 10 heavy (non-hydrogen) atoms. The SMILES string of the molecule is Nc1cnc2n(N)ccn12. The maximum absolute atomic E-state index is 5.52. The van der Waals surface area contributed by atoms with Gasteiger partial charge >= 0.3 is 0 Å². The third-order valence-electron chi connectivity index (χ3n) is 1.41. The molecule has 0 atom stereocenters. The molecule has 0 bridgehead atoms. The number of aromatic nitrogens is 3. The molecule has 52 valence electrons. The van der Waals surface area contributed by atoms with Crippen molar-refractivity contribution in [2.75, 3.05) is 11.6 Å². The van der Waals surface area contributed by atoms with Crippen molar-refractivity contribution in [3.8, 4) is 0 Å². The van der Waals surface area contributed by atoms with E-state index in [1.807, 2.05) is 0 Å². The van der Waals surface area contributed by atoms with Gasteiger partial charge in [0.25, 0.3) is 0 Å². The van der Waals surface area contributed by atoms with Crippen molar-refractivity contribution in [2.24, 2.45) is 0 Å². The Hall–Kier alpha value is -1.65. The Morgan fingerprint density at radius 2 is 2.20 bits per heavy atom. The molecule has 0 aliphatic rings. The fourth-order valence-corrected chi connectivity index (χ4v) is 0.913. The molecule has 0 saturated heterocycles. The molecule has 2 heterocycles. The van der Waals surface area contributed by atoms with Crippen LogP contribution in [-0.4, -0.2) is 14.1 Å². The van der Waals surface area contributed by atoms with Crippen molar-refractivity contribution in [3.05, 3.63) is 18.6 Å². The van der Waals surface area contributed by atoms with Gasteiger partial charge in [0.05, 0.1) is 6.20 Å². The van der Waals surface area contributed by atoms with Crippen LogP contribution in [0, 0.1) is 0 Å². The predicted octanol–water partition coefficient (Wildman–Crippen LogP) is -0.568. The lowest BCUT2D eigenvalue weighted by molar-refractivity contribution is 1.02. The number of hydrogen-bond donors (Lipinski definition) is 2. The van der Waals surface area contributed by atoms with E-state index in [9.17, 15) is 0 Å². The summed E-state index contributed by atoms with van der Waals surface area (Å²) in [6.45, 7) is 0. The molecule has 2 rings (SSSR count). The van der Waals surface area contributed by atoms with Crippen molar-refractivity contribution < 1.29 is 0 Å². The second kappa shape index (κ2) is 1.44. The zero-order valence-electron chi connectivity index (χ0n) is 5.23. The minimum absolute atomic E-state index is 0.596. The smallest absolute Gasteiger partial charge is 0.234 e. The Kier molecular flexibility index (Phi) is 0.743. The van der Waals surface area contributed by atoms with E-state index in [4.69, 9.17) is 11.6 Å². The zero-order valence-corrected chi connectivity index (χ0v) is 5.23. The fraction of sp³-hybridized carbons (Fsp3) is 0. The lowest BCUT2D eigenvalue weighted by Gasteiger charge is -1.87. The minimum Gasteiger partial charge on any atom is -0.383 e. The molecule has 0 fully saturated rings. The van der Waals surface area contributed by atoms with E-state index in [2.05, 4.69) is 4.98 Å². The topological polar surface area (TPSA) is 74.3 Å². The summed E-state index contributed by atoms with van der Waals surface area (Å²) in [5, 5.41) is 0. The molecule has 0 radical (unpaired) electrons. The van der Waals surface area contributed by atoms with Crippen LogP contribution in [0.2, 0.25) is 0 Å².